The summed E-state index contributed by atoms with van der Waals surface area (Å²) in [6, 6.07) is 5.04. The topological polar surface area (TPSA) is 233 Å². The number of carbonyl (C=O) groups is 1. The van der Waals surface area contributed by atoms with Crippen LogP contribution in [0.5, 0.6) is 28.7 Å². The second kappa shape index (κ2) is 8.39. The minimum Gasteiger partial charge on any atom is -0.867 e. The molecule has 1 aliphatic rings. The molecule has 13 nitrogen and oxygen atoms in total. The maximum atomic E-state index is 12.5. The smallest absolute Gasteiger partial charge is 0.229 e. The van der Waals surface area contributed by atoms with Crippen molar-refractivity contribution in [2.75, 3.05) is 0 Å². The molecule has 1 saturated heterocycles. The van der Waals surface area contributed by atoms with Crippen LogP contribution in [0.2, 0.25) is 0 Å². The predicted octanol–water partition coefficient (Wildman–Crippen LogP) is -2.41. The van der Waals surface area contributed by atoms with E-state index in [1.165, 1.54) is 6.07 Å². The van der Waals surface area contributed by atoms with Crippen LogP contribution in [-0.2, 0) is 9.53 Å². The summed E-state index contributed by atoms with van der Waals surface area (Å²) in [5.41, 5.74) is -1.52. The third-order valence-corrected chi connectivity index (χ3v) is 5.18. The summed E-state index contributed by atoms with van der Waals surface area (Å²) in [6.45, 7) is 0. The lowest BCUT2D eigenvalue weighted by atomic mass is 9.99. The number of aliphatic hydroxyl groups is 3. The number of carboxylic acid groups (broad SMARTS) is 1. The van der Waals surface area contributed by atoms with Gasteiger partial charge in [0.25, 0.3) is 0 Å². The zero-order valence-electron chi connectivity index (χ0n) is 16.8. The maximum absolute atomic E-state index is 12.5. The van der Waals surface area contributed by atoms with Crippen molar-refractivity contribution in [2.24, 2.45) is 0 Å². The summed E-state index contributed by atoms with van der Waals surface area (Å²) in [5, 5.41) is 82.4. The largest absolute Gasteiger partial charge is 0.867 e. The minimum atomic E-state index is -2.03. The molecule has 3 aromatic rings. The average molecular weight is 476 g/mol. The number of rotatable bonds is 4. The van der Waals surface area contributed by atoms with Crippen LogP contribution in [-0.4, -0.2) is 67.3 Å². The molecule has 6 N–H and O–H groups in total. The molecule has 0 spiro atoms. The van der Waals surface area contributed by atoms with Crippen molar-refractivity contribution in [3.63, 3.8) is 0 Å². The fourth-order valence-electron chi connectivity index (χ4n) is 3.48. The molecule has 2 aromatic carbocycles. The van der Waals surface area contributed by atoms with Crippen molar-refractivity contribution in [3.05, 3.63) is 40.6 Å². The number of ether oxygens (including phenoxy) is 2. The number of fused-ring (bicyclic) bond motifs is 1. The third-order valence-electron chi connectivity index (χ3n) is 5.18. The highest BCUT2D eigenvalue weighted by molar-refractivity contribution is 5.88. The second-order valence-corrected chi connectivity index (χ2v) is 7.44. The lowest BCUT2D eigenvalue weighted by molar-refractivity contribution is -0.342. The first-order valence-electron chi connectivity index (χ1n) is 9.60. The highest BCUT2D eigenvalue weighted by atomic mass is 16.7. The number of phenols is 3. The second-order valence-electron chi connectivity index (χ2n) is 7.44. The molecule has 0 radical (unpaired) electrons. The van der Waals surface area contributed by atoms with E-state index < -0.39 is 76.2 Å². The number of aliphatic carboxylic acids is 1. The normalized spacial score (nSPS) is 24.7. The fourth-order valence-corrected chi connectivity index (χ4v) is 3.48. The van der Waals surface area contributed by atoms with E-state index in [9.17, 15) is 50.4 Å². The Labute approximate surface area is 188 Å². The number of hydrogen-bond donors (Lipinski definition) is 6. The number of carbonyl (C=O) groups excluding carboxylic acids is 1. The molecule has 0 unspecified atom stereocenters. The van der Waals surface area contributed by atoms with Gasteiger partial charge in [0.05, 0.1) is 5.97 Å². The van der Waals surface area contributed by atoms with E-state index in [4.69, 9.17) is 13.9 Å². The Bertz CT molecular complexity index is 1330. The molecule has 0 bridgehead atoms. The lowest BCUT2D eigenvalue weighted by Gasteiger charge is -2.40. The van der Waals surface area contributed by atoms with Gasteiger partial charge in [0, 0.05) is 17.7 Å². The van der Waals surface area contributed by atoms with Crippen LogP contribution in [0.1, 0.15) is 0 Å². The first kappa shape index (κ1) is 23.1. The van der Waals surface area contributed by atoms with E-state index in [0.29, 0.717) is 0 Å². The van der Waals surface area contributed by atoms with E-state index in [1.54, 1.807) is 0 Å². The van der Waals surface area contributed by atoms with E-state index in [1.807, 2.05) is 0 Å². The van der Waals surface area contributed by atoms with Crippen molar-refractivity contribution < 1.29 is 59.5 Å². The highest BCUT2D eigenvalue weighted by Crippen LogP contribution is 2.38. The van der Waals surface area contributed by atoms with Crippen molar-refractivity contribution >= 4 is 16.9 Å². The molecule has 180 valence electrons. The van der Waals surface area contributed by atoms with Crippen LogP contribution in [0, 0.1) is 0 Å². The summed E-state index contributed by atoms with van der Waals surface area (Å²) in [7, 11) is 0. The predicted molar refractivity (Wildman–Crippen MR) is 105 cm³/mol. The molecule has 1 aromatic heterocycles. The van der Waals surface area contributed by atoms with Gasteiger partial charge >= 0.3 is 0 Å². The average Bonchev–Trinajstić information content (AvgIpc) is 2.77. The van der Waals surface area contributed by atoms with E-state index >= 15 is 0 Å². The molecular weight excluding hydrogens is 460 g/mol. The summed E-state index contributed by atoms with van der Waals surface area (Å²) in [4.78, 5) is 23.5. The van der Waals surface area contributed by atoms with Crippen LogP contribution in [0.25, 0.3) is 22.3 Å². The van der Waals surface area contributed by atoms with Gasteiger partial charge < -0.3 is 59.5 Å². The molecule has 4 rings (SSSR count). The molecular formula is C21H16O13-2. The quantitative estimate of drug-likeness (QED) is 0.230. The SMILES string of the molecule is O=C([O-])[C@H]1O[C@@H](Oc2ccc(-c3oc4cc(O)cc(O)c4c(=O)c3[O-])cc2O)[C@H](O)[C@@H](O)[C@@H]1O. The van der Waals surface area contributed by atoms with Crippen LogP contribution in [0.4, 0.5) is 0 Å². The Morgan fingerprint density at radius 1 is 0.971 bits per heavy atom. The number of benzene rings is 2. The van der Waals surface area contributed by atoms with Gasteiger partial charge in [0.15, 0.2) is 16.9 Å². The monoisotopic (exact) mass is 476 g/mol. The van der Waals surface area contributed by atoms with Crippen LogP contribution >= 0.6 is 0 Å². The summed E-state index contributed by atoms with van der Waals surface area (Å²) in [5.74, 6) is -5.71. The van der Waals surface area contributed by atoms with Crippen LogP contribution in [0.15, 0.2) is 39.5 Å². The zero-order chi connectivity index (χ0) is 24.9. The lowest BCUT2D eigenvalue weighted by Crippen LogP contribution is -2.63. The van der Waals surface area contributed by atoms with Gasteiger partial charge in [-0.15, -0.1) is 0 Å². The van der Waals surface area contributed by atoms with E-state index in [2.05, 4.69) is 0 Å². The molecule has 0 saturated carbocycles. The van der Waals surface area contributed by atoms with Gasteiger partial charge in [0.2, 0.25) is 6.29 Å². The molecule has 34 heavy (non-hydrogen) atoms. The number of aliphatic hydroxyl groups excluding tert-OH is 3. The van der Waals surface area contributed by atoms with Gasteiger partial charge in [-0.3, -0.25) is 4.79 Å². The first-order chi connectivity index (χ1) is 16.0. The highest BCUT2D eigenvalue weighted by Gasteiger charge is 2.45. The van der Waals surface area contributed by atoms with Gasteiger partial charge in [-0.05, 0) is 23.9 Å². The van der Waals surface area contributed by atoms with E-state index in [0.717, 1.165) is 24.3 Å². The number of carboxylic acids is 1. The summed E-state index contributed by atoms with van der Waals surface area (Å²) in [6.07, 6.45) is -9.74. The van der Waals surface area contributed by atoms with Crippen molar-refractivity contribution in [3.8, 4) is 40.1 Å². The molecule has 0 aliphatic carbocycles. The molecule has 2 heterocycles. The maximum Gasteiger partial charge on any atom is 0.229 e. The zero-order valence-corrected chi connectivity index (χ0v) is 16.8. The Hall–Kier alpha value is -4.04. The Balaban J connectivity index is 1.68. The molecule has 13 heteroatoms. The van der Waals surface area contributed by atoms with Gasteiger partial charge in [0.1, 0.15) is 52.6 Å². The first-order valence-corrected chi connectivity index (χ1v) is 9.60. The number of phenolic OH excluding ortho intramolecular Hbond substituents is 3. The Morgan fingerprint density at radius 3 is 2.32 bits per heavy atom. The van der Waals surface area contributed by atoms with E-state index in [-0.39, 0.29) is 16.9 Å². The van der Waals surface area contributed by atoms with Gasteiger partial charge in [-0.1, -0.05) is 0 Å². The Morgan fingerprint density at radius 2 is 1.68 bits per heavy atom. The van der Waals surface area contributed by atoms with Crippen molar-refractivity contribution in [1.29, 1.82) is 0 Å². The van der Waals surface area contributed by atoms with Crippen molar-refractivity contribution in [2.45, 2.75) is 30.7 Å². The molecule has 0 amide bonds. The summed E-state index contributed by atoms with van der Waals surface area (Å²) < 4.78 is 15.5. The summed E-state index contributed by atoms with van der Waals surface area (Å²) >= 11 is 0. The minimum absolute atomic E-state index is 0.107. The molecule has 5 atom stereocenters. The number of hydrogen-bond acceptors (Lipinski definition) is 13. The fraction of sp³-hybridized carbons (Fsp3) is 0.238. The van der Waals surface area contributed by atoms with Crippen LogP contribution in [0.3, 0.4) is 0 Å². The molecule has 1 fully saturated rings. The third kappa shape index (κ3) is 3.82. The number of aromatic hydroxyl groups is 3. The Kier molecular flexibility index (Phi) is 5.70. The van der Waals surface area contributed by atoms with Gasteiger partial charge in [-0.25, -0.2) is 0 Å². The van der Waals surface area contributed by atoms with Crippen LogP contribution < -0.4 is 20.4 Å². The molecule has 1 aliphatic heterocycles. The standard InChI is InChI=1S/C21H18O13/c22-7-4-9(24)12-11(5-7)32-18(15(27)13(12)25)6-1-2-10(8(23)3-6)33-21-17(29)14(26)16(28)19(34-21)20(30)31/h1-5,14,16-17,19,21-24,26-29H,(H,30,31)/p-2/t14-,16-,17+,19-,21+/m0/s1. The van der Waals surface area contributed by atoms with Gasteiger partial charge in [-0.2, -0.15) is 0 Å². The van der Waals surface area contributed by atoms with Crippen molar-refractivity contribution in [1.82, 2.24) is 0 Å².